The molecule has 0 radical (unpaired) electrons. The van der Waals surface area contributed by atoms with Crippen LogP contribution in [0.25, 0.3) is 0 Å². The maximum atomic E-state index is 10.8. The van der Waals surface area contributed by atoms with Crippen LogP contribution >= 0.6 is 11.6 Å². The number of hydrogen-bond acceptors (Lipinski definition) is 2. The Kier molecular flexibility index (Phi) is 5.17. The van der Waals surface area contributed by atoms with Crippen molar-refractivity contribution >= 4 is 17.6 Å². The molecule has 100 valence electrons. The number of aliphatic carboxylic acids is 1. The molecular formula is C14H20ClNO2. The molecule has 0 aromatic heterocycles. The smallest absolute Gasteiger partial charge is 0.307 e. The molecule has 0 saturated heterocycles. The van der Waals surface area contributed by atoms with Gasteiger partial charge in [-0.15, -0.1) is 0 Å². The van der Waals surface area contributed by atoms with Crippen LogP contribution in [0.2, 0.25) is 5.02 Å². The quantitative estimate of drug-likeness (QED) is 0.893. The van der Waals surface area contributed by atoms with Gasteiger partial charge < -0.3 is 10.0 Å². The van der Waals surface area contributed by atoms with E-state index in [1.54, 1.807) is 6.92 Å². The maximum absolute atomic E-state index is 10.8. The van der Waals surface area contributed by atoms with E-state index in [0.29, 0.717) is 6.54 Å². The highest BCUT2D eigenvalue weighted by atomic mass is 35.5. The van der Waals surface area contributed by atoms with Crippen LogP contribution in [0.4, 0.5) is 0 Å². The van der Waals surface area contributed by atoms with Gasteiger partial charge in [-0.1, -0.05) is 18.5 Å². The van der Waals surface area contributed by atoms with Crippen LogP contribution in [-0.4, -0.2) is 29.6 Å². The van der Waals surface area contributed by atoms with Crippen molar-refractivity contribution in [1.82, 2.24) is 4.90 Å². The van der Waals surface area contributed by atoms with Gasteiger partial charge in [0.05, 0.1) is 5.92 Å². The number of benzene rings is 1. The van der Waals surface area contributed by atoms with E-state index in [9.17, 15) is 4.79 Å². The molecule has 1 aromatic carbocycles. The monoisotopic (exact) mass is 269 g/mol. The van der Waals surface area contributed by atoms with Crippen LogP contribution in [0.3, 0.4) is 0 Å². The molecule has 1 N–H and O–H groups in total. The number of rotatable bonds is 5. The summed E-state index contributed by atoms with van der Waals surface area (Å²) in [6, 6.07) is 3.89. The molecule has 1 aromatic rings. The van der Waals surface area contributed by atoms with Crippen molar-refractivity contribution < 1.29 is 9.90 Å². The molecule has 0 aliphatic rings. The summed E-state index contributed by atoms with van der Waals surface area (Å²) in [7, 11) is 1.94. The summed E-state index contributed by atoms with van der Waals surface area (Å²) in [5.74, 6) is -1.12. The third-order valence-corrected chi connectivity index (χ3v) is 3.31. The fourth-order valence-corrected chi connectivity index (χ4v) is 2.40. The summed E-state index contributed by atoms with van der Waals surface area (Å²) in [5, 5.41) is 9.64. The van der Waals surface area contributed by atoms with Crippen LogP contribution in [0, 0.1) is 19.8 Å². The summed E-state index contributed by atoms with van der Waals surface area (Å²) in [6.45, 7) is 7.06. The lowest BCUT2D eigenvalue weighted by Crippen LogP contribution is -2.28. The van der Waals surface area contributed by atoms with Gasteiger partial charge in [0.25, 0.3) is 0 Å². The normalized spacial score (nSPS) is 12.8. The second-order valence-corrected chi connectivity index (χ2v) is 5.39. The SMILES string of the molecule is Cc1cc(Cl)cc(C)c1CN(C)CC(C)C(=O)O. The molecule has 0 amide bonds. The van der Waals surface area contributed by atoms with Crippen LogP contribution < -0.4 is 0 Å². The Hall–Kier alpha value is -1.06. The van der Waals surface area contributed by atoms with Gasteiger partial charge in [0.15, 0.2) is 0 Å². The molecule has 0 saturated carbocycles. The molecule has 1 rings (SSSR count). The summed E-state index contributed by atoms with van der Waals surface area (Å²) < 4.78 is 0. The van der Waals surface area contributed by atoms with Gasteiger partial charge >= 0.3 is 5.97 Å². The predicted octanol–water partition coefficient (Wildman–Crippen LogP) is 3.11. The average molecular weight is 270 g/mol. The molecule has 0 aliphatic heterocycles. The Morgan fingerprint density at radius 1 is 1.39 bits per heavy atom. The van der Waals surface area contributed by atoms with Crippen LogP contribution in [-0.2, 0) is 11.3 Å². The molecule has 0 spiro atoms. The lowest BCUT2D eigenvalue weighted by molar-refractivity contribution is -0.141. The summed E-state index contributed by atoms with van der Waals surface area (Å²) in [4.78, 5) is 12.9. The number of carbonyl (C=O) groups is 1. The maximum Gasteiger partial charge on any atom is 0.307 e. The van der Waals surface area contributed by atoms with Gasteiger partial charge in [-0.25, -0.2) is 0 Å². The largest absolute Gasteiger partial charge is 0.481 e. The highest BCUT2D eigenvalue weighted by Gasteiger charge is 2.15. The molecule has 3 nitrogen and oxygen atoms in total. The summed E-state index contributed by atoms with van der Waals surface area (Å²) >= 11 is 5.99. The molecule has 0 aliphatic carbocycles. The standard InChI is InChI=1S/C14H20ClNO2/c1-9-5-12(15)6-10(2)13(9)8-16(4)7-11(3)14(17)18/h5-6,11H,7-8H2,1-4H3,(H,17,18). The molecular weight excluding hydrogens is 250 g/mol. The third kappa shape index (κ3) is 4.00. The van der Waals surface area contributed by atoms with E-state index in [1.807, 2.05) is 37.9 Å². The van der Waals surface area contributed by atoms with Crippen LogP contribution in [0.5, 0.6) is 0 Å². The van der Waals surface area contributed by atoms with Crippen molar-refractivity contribution in [3.8, 4) is 0 Å². The molecule has 1 atom stereocenters. The lowest BCUT2D eigenvalue weighted by Gasteiger charge is -2.21. The van der Waals surface area contributed by atoms with Crippen LogP contribution in [0.15, 0.2) is 12.1 Å². The van der Waals surface area contributed by atoms with E-state index >= 15 is 0 Å². The van der Waals surface area contributed by atoms with Gasteiger partial charge in [0.2, 0.25) is 0 Å². The number of aryl methyl sites for hydroxylation is 2. The average Bonchev–Trinajstić information content (AvgIpc) is 2.23. The molecule has 0 bridgehead atoms. The summed E-state index contributed by atoms with van der Waals surface area (Å²) in [6.07, 6.45) is 0. The topological polar surface area (TPSA) is 40.5 Å². The Morgan fingerprint density at radius 2 is 1.89 bits per heavy atom. The first-order valence-corrected chi connectivity index (χ1v) is 6.36. The van der Waals surface area contributed by atoms with E-state index in [1.165, 1.54) is 5.56 Å². The highest BCUT2D eigenvalue weighted by Crippen LogP contribution is 2.21. The van der Waals surface area contributed by atoms with Gasteiger partial charge in [0, 0.05) is 18.1 Å². The van der Waals surface area contributed by atoms with Gasteiger partial charge in [-0.2, -0.15) is 0 Å². The lowest BCUT2D eigenvalue weighted by atomic mass is 10.0. The molecule has 1 unspecified atom stereocenters. The molecule has 0 heterocycles. The van der Waals surface area contributed by atoms with Crippen molar-refractivity contribution in [2.24, 2.45) is 5.92 Å². The second-order valence-electron chi connectivity index (χ2n) is 4.95. The number of hydrogen-bond donors (Lipinski definition) is 1. The van der Waals surface area contributed by atoms with E-state index in [0.717, 1.165) is 22.7 Å². The van der Waals surface area contributed by atoms with Crippen molar-refractivity contribution in [1.29, 1.82) is 0 Å². The minimum absolute atomic E-state index is 0.358. The van der Waals surface area contributed by atoms with E-state index < -0.39 is 5.97 Å². The zero-order valence-electron chi connectivity index (χ0n) is 11.3. The number of carboxylic acids is 1. The number of carboxylic acid groups (broad SMARTS) is 1. The molecule has 0 fully saturated rings. The first-order valence-electron chi connectivity index (χ1n) is 5.98. The Bertz CT molecular complexity index is 422. The summed E-state index contributed by atoms with van der Waals surface area (Å²) in [5.41, 5.74) is 3.52. The van der Waals surface area contributed by atoms with E-state index in [4.69, 9.17) is 16.7 Å². The van der Waals surface area contributed by atoms with Crippen molar-refractivity contribution in [2.45, 2.75) is 27.3 Å². The van der Waals surface area contributed by atoms with Gasteiger partial charge in [-0.05, 0) is 49.7 Å². The Morgan fingerprint density at radius 3 is 2.33 bits per heavy atom. The van der Waals surface area contributed by atoms with Gasteiger partial charge in [0.1, 0.15) is 0 Å². The van der Waals surface area contributed by atoms with Crippen LogP contribution in [0.1, 0.15) is 23.6 Å². The van der Waals surface area contributed by atoms with Gasteiger partial charge in [-0.3, -0.25) is 4.79 Å². The zero-order chi connectivity index (χ0) is 13.9. The third-order valence-electron chi connectivity index (χ3n) is 3.10. The minimum Gasteiger partial charge on any atom is -0.481 e. The Labute approximate surface area is 113 Å². The first-order chi connectivity index (χ1) is 8.31. The second kappa shape index (κ2) is 6.21. The van der Waals surface area contributed by atoms with E-state index in [-0.39, 0.29) is 5.92 Å². The van der Waals surface area contributed by atoms with Crippen molar-refractivity contribution in [2.75, 3.05) is 13.6 Å². The highest BCUT2D eigenvalue weighted by molar-refractivity contribution is 6.30. The van der Waals surface area contributed by atoms with Crippen molar-refractivity contribution in [3.05, 3.63) is 33.8 Å². The number of nitrogens with zero attached hydrogens (tertiary/aromatic N) is 1. The Balaban J connectivity index is 2.76. The first kappa shape index (κ1) is 15.0. The van der Waals surface area contributed by atoms with E-state index in [2.05, 4.69) is 0 Å². The number of halogens is 1. The van der Waals surface area contributed by atoms with Crippen molar-refractivity contribution in [3.63, 3.8) is 0 Å². The molecule has 4 heteroatoms. The fourth-order valence-electron chi connectivity index (χ4n) is 2.07. The predicted molar refractivity (Wildman–Crippen MR) is 74.1 cm³/mol. The zero-order valence-corrected chi connectivity index (χ0v) is 12.1. The molecule has 18 heavy (non-hydrogen) atoms. The minimum atomic E-state index is -0.758. The fraction of sp³-hybridized carbons (Fsp3) is 0.500.